The lowest BCUT2D eigenvalue weighted by Gasteiger charge is -2.29. The first-order valence-corrected chi connectivity index (χ1v) is 10.6. The number of hydrogen-bond donors (Lipinski definition) is 2. The first-order chi connectivity index (χ1) is 14.7. The number of nitrogens with one attached hydrogen (secondary N) is 1. The van der Waals surface area contributed by atoms with Crippen molar-refractivity contribution in [2.45, 2.75) is 45.3 Å². The standard InChI is InChI=1S/C26H28N2O2/c1-2-20-22(26(27)29)15-16-24(30-17-18-9-4-3-5-10-18)25(20)28-23-14-8-12-19-11-6-7-13-21(19)23/h3-7,9-11,13,15-16,23,28H,2,8,12,14,17H2,1H3,(H2,27,29). The molecule has 0 radical (unpaired) electrons. The number of fused-ring (bicyclic) bond motifs is 1. The van der Waals surface area contributed by atoms with Crippen LogP contribution in [0.15, 0.2) is 66.7 Å². The summed E-state index contributed by atoms with van der Waals surface area (Å²) in [6.07, 6.45) is 3.97. The molecule has 4 nitrogen and oxygen atoms in total. The highest BCUT2D eigenvalue weighted by molar-refractivity contribution is 5.96. The van der Waals surface area contributed by atoms with Crippen molar-refractivity contribution in [2.75, 3.05) is 5.32 Å². The Balaban J connectivity index is 1.70. The van der Waals surface area contributed by atoms with Crippen molar-refractivity contribution in [2.24, 2.45) is 5.73 Å². The van der Waals surface area contributed by atoms with E-state index in [1.165, 1.54) is 11.1 Å². The van der Waals surface area contributed by atoms with Gasteiger partial charge in [-0.15, -0.1) is 0 Å². The summed E-state index contributed by atoms with van der Waals surface area (Å²) in [5.74, 6) is 0.345. The third kappa shape index (κ3) is 4.18. The second-order valence-electron chi connectivity index (χ2n) is 7.74. The molecule has 0 bridgehead atoms. The predicted octanol–water partition coefficient (Wildman–Crippen LogP) is 5.42. The van der Waals surface area contributed by atoms with E-state index in [0.29, 0.717) is 18.6 Å². The Morgan fingerprint density at radius 1 is 1.07 bits per heavy atom. The highest BCUT2D eigenvalue weighted by atomic mass is 16.5. The van der Waals surface area contributed by atoms with E-state index < -0.39 is 5.91 Å². The zero-order valence-electron chi connectivity index (χ0n) is 17.4. The molecule has 0 fully saturated rings. The highest BCUT2D eigenvalue weighted by Gasteiger charge is 2.24. The number of carbonyl (C=O) groups is 1. The van der Waals surface area contributed by atoms with Crippen LogP contribution < -0.4 is 15.8 Å². The first kappa shape index (κ1) is 20.0. The number of anilines is 1. The van der Waals surface area contributed by atoms with Gasteiger partial charge in [0.15, 0.2) is 0 Å². The molecule has 4 heteroatoms. The number of nitrogens with two attached hydrogens (primary N) is 1. The Kier molecular flexibility index (Phi) is 6.03. The molecule has 3 N–H and O–H groups in total. The predicted molar refractivity (Wildman–Crippen MR) is 121 cm³/mol. The Labute approximate surface area is 178 Å². The van der Waals surface area contributed by atoms with Gasteiger partial charge in [-0.3, -0.25) is 4.79 Å². The SMILES string of the molecule is CCc1c(C(N)=O)ccc(OCc2ccccc2)c1NC1CCCc2ccccc21. The quantitative estimate of drug-likeness (QED) is 0.557. The normalized spacial score (nSPS) is 15.3. The summed E-state index contributed by atoms with van der Waals surface area (Å²) >= 11 is 0. The second-order valence-corrected chi connectivity index (χ2v) is 7.74. The summed E-state index contributed by atoms with van der Waals surface area (Å²) in [7, 11) is 0. The summed E-state index contributed by atoms with van der Waals surface area (Å²) in [5, 5.41) is 3.72. The molecule has 3 aromatic rings. The lowest BCUT2D eigenvalue weighted by atomic mass is 9.87. The third-order valence-electron chi connectivity index (χ3n) is 5.82. The van der Waals surface area contributed by atoms with Gasteiger partial charge in [0.05, 0.1) is 11.7 Å². The Bertz CT molecular complexity index is 1030. The largest absolute Gasteiger partial charge is 0.487 e. The molecule has 1 atom stereocenters. The van der Waals surface area contributed by atoms with E-state index in [1.807, 2.05) is 43.3 Å². The van der Waals surface area contributed by atoms with Crippen LogP contribution in [0.5, 0.6) is 5.75 Å². The number of carbonyl (C=O) groups excluding carboxylic acids is 1. The van der Waals surface area contributed by atoms with E-state index in [1.54, 1.807) is 6.07 Å². The fraction of sp³-hybridized carbons (Fsp3) is 0.269. The van der Waals surface area contributed by atoms with Gasteiger partial charge in [0, 0.05) is 5.56 Å². The summed E-state index contributed by atoms with van der Waals surface area (Å²) in [6.45, 7) is 2.51. The van der Waals surface area contributed by atoms with E-state index in [4.69, 9.17) is 10.5 Å². The van der Waals surface area contributed by atoms with Crippen molar-refractivity contribution < 1.29 is 9.53 Å². The smallest absolute Gasteiger partial charge is 0.249 e. The number of ether oxygens (including phenoxy) is 1. The monoisotopic (exact) mass is 400 g/mol. The van der Waals surface area contributed by atoms with Crippen molar-refractivity contribution >= 4 is 11.6 Å². The van der Waals surface area contributed by atoms with Gasteiger partial charge >= 0.3 is 0 Å². The van der Waals surface area contributed by atoms with E-state index in [-0.39, 0.29) is 6.04 Å². The van der Waals surface area contributed by atoms with Crippen molar-refractivity contribution in [1.29, 1.82) is 0 Å². The molecule has 0 aromatic heterocycles. The minimum Gasteiger partial charge on any atom is -0.487 e. The zero-order valence-corrected chi connectivity index (χ0v) is 17.4. The molecule has 0 heterocycles. The van der Waals surface area contributed by atoms with Crippen LogP contribution in [0, 0.1) is 0 Å². The molecule has 0 spiro atoms. The third-order valence-corrected chi connectivity index (χ3v) is 5.82. The van der Waals surface area contributed by atoms with Crippen LogP contribution in [0.2, 0.25) is 0 Å². The molecular weight excluding hydrogens is 372 g/mol. The molecule has 4 rings (SSSR count). The van der Waals surface area contributed by atoms with Gasteiger partial charge in [0.1, 0.15) is 12.4 Å². The fourth-order valence-corrected chi connectivity index (χ4v) is 4.32. The molecule has 3 aromatic carbocycles. The van der Waals surface area contributed by atoms with Gasteiger partial charge in [-0.25, -0.2) is 0 Å². The van der Waals surface area contributed by atoms with Gasteiger partial charge in [-0.05, 0) is 60.1 Å². The average Bonchev–Trinajstić information content (AvgIpc) is 2.78. The summed E-state index contributed by atoms with van der Waals surface area (Å²) < 4.78 is 6.22. The lowest BCUT2D eigenvalue weighted by Crippen LogP contribution is -2.20. The Morgan fingerprint density at radius 2 is 1.83 bits per heavy atom. The van der Waals surface area contributed by atoms with Crippen LogP contribution in [0.1, 0.15) is 58.4 Å². The fourth-order valence-electron chi connectivity index (χ4n) is 4.32. The van der Waals surface area contributed by atoms with E-state index in [9.17, 15) is 4.79 Å². The number of primary amides is 1. The molecule has 0 saturated heterocycles. The van der Waals surface area contributed by atoms with Crippen LogP contribution in [-0.4, -0.2) is 5.91 Å². The van der Waals surface area contributed by atoms with E-state index in [0.717, 1.165) is 41.8 Å². The van der Waals surface area contributed by atoms with Crippen molar-refractivity contribution in [1.82, 2.24) is 0 Å². The molecular formula is C26H28N2O2. The minimum atomic E-state index is -0.409. The average molecular weight is 401 g/mol. The Hall–Kier alpha value is -3.27. The molecule has 1 aliphatic rings. The van der Waals surface area contributed by atoms with E-state index >= 15 is 0 Å². The molecule has 0 saturated carbocycles. The van der Waals surface area contributed by atoms with Crippen LogP contribution in [0.4, 0.5) is 5.69 Å². The second kappa shape index (κ2) is 9.04. The number of rotatable bonds is 7. The first-order valence-electron chi connectivity index (χ1n) is 10.6. The van der Waals surface area contributed by atoms with Crippen LogP contribution >= 0.6 is 0 Å². The van der Waals surface area contributed by atoms with Crippen molar-refractivity contribution in [3.05, 3.63) is 94.5 Å². The molecule has 0 aliphatic heterocycles. The highest BCUT2D eigenvalue weighted by Crippen LogP contribution is 2.39. The molecule has 154 valence electrons. The number of benzene rings is 3. The summed E-state index contributed by atoms with van der Waals surface area (Å²) in [6, 6.07) is 22.5. The molecule has 1 amide bonds. The number of amides is 1. The van der Waals surface area contributed by atoms with Gasteiger partial charge in [0.2, 0.25) is 5.91 Å². The summed E-state index contributed by atoms with van der Waals surface area (Å²) in [4.78, 5) is 12.1. The Morgan fingerprint density at radius 3 is 2.60 bits per heavy atom. The minimum absolute atomic E-state index is 0.183. The summed E-state index contributed by atoms with van der Waals surface area (Å²) in [5.41, 5.74) is 11.8. The zero-order chi connectivity index (χ0) is 20.9. The maximum absolute atomic E-state index is 12.1. The van der Waals surface area contributed by atoms with Gasteiger partial charge < -0.3 is 15.8 Å². The molecule has 1 unspecified atom stereocenters. The maximum Gasteiger partial charge on any atom is 0.249 e. The van der Waals surface area contributed by atoms with Crippen LogP contribution in [0.25, 0.3) is 0 Å². The van der Waals surface area contributed by atoms with Gasteiger partial charge in [-0.2, -0.15) is 0 Å². The molecule has 30 heavy (non-hydrogen) atoms. The van der Waals surface area contributed by atoms with Crippen molar-refractivity contribution in [3.63, 3.8) is 0 Å². The van der Waals surface area contributed by atoms with E-state index in [2.05, 4.69) is 29.6 Å². The topological polar surface area (TPSA) is 64.4 Å². The van der Waals surface area contributed by atoms with Crippen LogP contribution in [-0.2, 0) is 19.4 Å². The maximum atomic E-state index is 12.1. The lowest BCUT2D eigenvalue weighted by molar-refractivity contribution is 0.0999. The van der Waals surface area contributed by atoms with Crippen LogP contribution in [0.3, 0.4) is 0 Å². The van der Waals surface area contributed by atoms with Gasteiger partial charge in [0.25, 0.3) is 0 Å². The molecule has 1 aliphatic carbocycles. The van der Waals surface area contributed by atoms with Crippen molar-refractivity contribution in [3.8, 4) is 5.75 Å². The van der Waals surface area contributed by atoms with Gasteiger partial charge in [-0.1, -0.05) is 61.5 Å². The number of hydrogen-bond acceptors (Lipinski definition) is 3. The number of aryl methyl sites for hydroxylation is 1.